The highest BCUT2D eigenvalue weighted by atomic mass is 35.5. The zero-order valence-electron chi connectivity index (χ0n) is 16.9. The van der Waals surface area contributed by atoms with E-state index in [0.717, 1.165) is 29.8 Å². The first-order valence-electron chi connectivity index (χ1n) is 10.4. The highest BCUT2D eigenvalue weighted by Gasteiger charge is 2.10. The molecule has 0 spiro atoms. The summed E-state index contributed by atoms with van der Waals surface area (Å²) >= 11 is 6.26. The average Bonchev–Trinajstić information content (AvgIpc) is 3.35. The molecule has 1 aromatic heterocycles. The van der Waals surface area contributed by atoms with E-state index in [0.29, 0.717) is 23.3 Å². The summed E-state index contributed by atoms with van der Waals surface area (Å²) in [6, 6.07) is 14.5. The van der Waals surface area contributed by atoms with Crippen LogP contribution in [0.2, 0.25) is 5.02 Å². The standard InChI is InChI=1S/C19H18ClN5.C4H9N/c20-17-11-22-19-24-15-3-1-2-12(8-15)4-5-13-9-16(23-18(17)25-19)7-6-14(13)10-21;1-2-4-5-3-1/h1-3,6-9,11H,4-5,10,21H2,(H2,22,23,24,25);5H,1-4H2. The van der Waals surface area contributed by atoms with Crippen LogP contribution in [-0.2, 0) is 19.4 Å². The summed E-state index contributed by atoms with van der Waals surface area (Å²) in [6.45, 7) is 3.02. The van der Waals surface area contributed by atoms with E-state index in [1.165, 1.54) is 37.1 Å². The number of rotatable bonds is 1. The van der Waals surface area contributed by atoms with E-state index < -0.39 is 0 Å². The molecule has 0 unspecified atom stereocenters. The molecular formula is C23H27ClN6. The molecule has 3 heterocycles. The molecule has 156 valence electrons. The zero-order chi connectivity index (χ0) is 20.8. The van der Waals surface area contributed by atoms with Crippen molar-refractivity contribution in [2.75, 3.05) is 23.7 Å². The molecule has 2 aliphatic rings. The lowest BCUT2D eigenvalue weighted by Crippen LogP contribution is -2.04. The van der Waals surface area contributed by atoms with E-state index in [2.05, 4.69) is 50.2 Å². The topological polar surface area (TPSA) is 87.9 Å². The van der Waals surface area contributed by atoms with Crippen LogP contribution >= 0.6 is 11.6 Å². The van der Waals surface area contributed by atoms with E-state index >= 15 is 0 Å². The molecule has 5 N–H and O–H groups in total. The number of nitrogens with zero attached hydrogens (tertiary/aromatic N) is 2. The van der Waals surface area contributed by atoms with E-state index in [-0.39, 0.29) is 0 Å². The summed E-state index contributed by atoms with van der Waals surface area (Å²) in [5.41, 5.74) is 11.4. The first-order chi connectivity index (χ1) is 14.7. The fourth-order valence-electron chi connectivity index (χ4n) is 3.62. The molecule has 0 saturated carbocycles. The molecule has 6 bridgehead atoms. The Morgan fingerprint density at radius 2 is 1.80 bits per heavy atom. The molecule has 30 heavy (non-hydrogen) atoms. The van der Waals surface area contributed by atoms with Crippen LogP contribution in [0.3, 0.4) is 0 Å². The highest BCUT2D eigenvalue weighted by Crippen LogP contribution is 2.27. The molecule has 3 aromatic rings. The number of nitrogens with two attached hydrogens (primary N) is 1. The molecule has 0 aliphatic carbocycles. The molecule has 6 nitrogen and oxygen atoms in total. The van der Waals surface area contributed by atoms with Crippen molar-refractivity contribution >= 4 is 34.7 Å². The van der Waals surface area contributed by atoms with Gasteiger partial charge in [0.15, 0.2) is 5.82 Å². The van der Waals surface area contributed by atoms with Crippen LogP contribution in [0.25, 0.3) is 0 Å². The number of anilines is 4. The molecule has 1 saturated heterocycles. The van der Waals surface area contributed by atoms with Gasteiger partial charge in [-0.05, 0) is 79.7 Å². The van der Waals surface area contributed by atoms with Crippen molar-refractivity contribution in [1.82, 2.24) is 15.3 Å². The Labute approximate surface area is 182 Å². The third-order valence-corrected chi connectivity index (χ3v) is 5.53. The number of hydrogen-bond acceptors (Lipinski definition) is 6. The van der Waals surface area contributed by atoms with Gasteiger partial charge in [-0.3, -0.25) is 0 Å². The van der Waals surface area contributed by atoms with Crippen molar-refractivity contribution in [3.8, 4) is 0 Å². The van der Waals surface area contributed by atoms with Gasteiger partial charge in [0.1, 0.15) is 5.02 Å². The molecule has 5 rings (SSSR count). The van der Waals surface area contributed by atoms with Crippen molar-refractivity contribution in [3.05, 3.63) is 70.4 Å². The molecule has 0 atom stereocenters. The van der Waals surface area contributed by atoms with Gasteiger partial charge < -0.3 is 21.7 Å². The molecule has 1 fully saturated rings. The fourth-order valence-corrected chi connectivity index (χ4v) is 3.76. The lowest BCUT2D eigenvalue weighted by atomic mass is 9.99. The summed E-state index contributed by atoms with van der Waals surface area (Å²) in [6.07, 6.45) is 6.23. The zero-order valence-corrected chi connectivity index (χ0v) is 17.7. The predicted molar refractivity (Wildman–Crippen MR) is 124 cm³/mol. The number of halogens is 1. The van der Waals surface area contributed by atoms with Crippen LogP contribution < -0.4 is 21.7 Å². The minimum Gasteiger partial charge on any atom is -0.339 e. The van der Waals surface area contributed by atoms with Gasteiger partial charge in [-0.2, -0.15) is 4.98 Å². The van der Waals surface area contributed by atoms with Gasteiger partial charge in [0, 0.05) is 17.9 Å². The maximum absolute atomic E-state index is 6.26. The van der Waals surface area contributed by atoms with Gasteiger partial charge in [-0.25, -0.2) is 4.98 Å². The predicted octanol–water partition coefficient (Wildman–Crippen LogP) is 4.54. The average molecular weight is 423 g/mol. The summed E-state index contributed by atoms with van der Waals surface area (Å²) in [5, 5.41) is 10.2. The van der Waals surface area contributed by atoms with Crippen molar-refractivity contribution in [2.24, 2.45) is 5.73 Å². The van der Waals surface area contributed by atoms with E-state index in [4.69, 9.17) is 17.3 Å². The van der Waals surface area contributed by atoms with Gasteiger partial charge in [-0.1, -0.05) is 29.8 Å². The van der Waals surface area contributed by atoms with Gasteiger partial charge in [-0.15, -0.1) is 0 Å². The van der Waals surface area contributed by atoms with Crippen molar-refractivity contribution in [2.45, 2.75) is 32.2 Å². The summed E-state index contributed by atoms with van der Waals surface area (Å²) in [5.74, 6) is 1.07. The number of benzene rings is 2. The second kappa shape index (κ2) is 9.89. The molecule has 2 aliphatic heterocycles. The summed E-state index contributed by atoms with van der Waals surface area (Å²) < 4.78 is 0. The van der Waals surface area contributed by atoms with Gasteiger partial charge in [0.05, 0.1) is 6.20 Å². The van der Waals surface area contributed by atoms with Crippen molar-refractivity contribution < 1.29 is 0 Å². The maximum atomic E-state index is 6.26. The van der Waals surface area contributed by atoms with Crippen LogP contribution in [0.1, 0.15) is 29.5 Å². The lowest BCUT2D eigenvalue weighted by molar-refractivity contribution is 0.857. The van der Waals surface area contributed by atoms with Crippen LogP contribution in [0.15, 0.2) is 48.7 Å². The molecule has 2 aromatic carbocycles. The maximum Gasteiger partial charge on any atom is 0.229 e. The molecule has 0 amide bonds. The normalized spacial score (nSPS) is 14.7. The third-order valence-electron chi connectivity index (χ3n) is 5.26. The summed E-state index contributed by atoms with van der Waals surface area (Å²) in [7, 11) is 0. The minimum atomic E-state index is 0.471. The number of nitrogens with one attached hydrogen (secondary N) is 3. The van der Waals surface area contributed by atoms with Gasteiger partial charge in [0.2, 0.25) is 5.95 Å². The van der Waals surface area contributed by atoms with E-state index in [9.17, 15) is 0 Å². The minimum absolute atomic E-state index is 0.471. The molecule has 0 radical (unpaired) electrons. The van der Waals surface area contributed by atoms with Crippen LogP contribution in [0.5, 0.6) is 0 Å². The Hall–Kier alpha value is -2.67. The summed E-state index contributed by atoms with van der Waals surface area (Å²) in [4.78, 5) is 8.76. The number of aromatic nitrogens is 2. The van der Waals surface area contributed by atoms with E-state index in [1.807, 2.05) is 18.2 Å². The Morgan fingerprint density at radius 3 is 2.57 bits per heavy atom. The number of hydrogen-bond donors (Lipinski definition) is 4. The smallest absolute Gasteiger partial charge is 0.229 e. The Kier molecular flexibility index (Phi) is 6.79. The molecular weight excluding hydrogens is 396 g/mol. The SMILES string of the molecule is C1CCNC1.NCc1ccc2cc1CCc1cccc(c1)Nc1ncc(Cl)c(n1)N2. The molecule has 7 heteroatoms. The largest absolute Gasteiger partial charge is 0.339 e. The fraction of sp³-hybridized carbons (Fsp3) is 0.304. The van der Waals surface area contributed by atoms with Crippen molar-refractivity contribution in [1.29, 1.82) is 0 Å². The van der Waals surface area contributed by atoms with Crippen LogP contribution in [0, 0.1) is 0 Å². The second-order valence-electron chi connectivity index (χ2n) is 7.49. The lowest BCUT2D eigenvalue weighted by Gasteiger charge is -2.12. The van der Waals surface area contributed by atoms with Gasteiger partial charge in [0.25, 0.3) is 0 Å². The quantitative estimate of drug-likeness (QED) is 0.460. The van der Waals surface area contributed by atoms with E-state index in [1.54, 1.807) is 6.20 Å². The first kappa shape index (κ1) is 20.6. The van der Waals surface area contributed by atoms with Crippen LogP contribution in [-0.4, -0.2) is 23.1 Å². The van der Waals surface area contributed by atoms with Crippen LogP contribution in [0.4, 0.5) is 23.1 Å². The Balaban J connectivity index is 0.000000383. The number of fused-ring (bicyclic) bond motifs is 6. The monoisotopic (exact) mass is 422 g/mol. The highest BCUT2D eigenvalue weighted by molar-refractivity contribution is 6.32. The Bertz CT molecular complexity index is 995. The van der Waals surface area contributed by atoms with Gasteiger partial charge >= 0.3 is 0 Å². The number of aryl methyl sites for hydroxylation is 2. The first-order valence-corrected chi connectivity index (χ1v) is 10.8. The third kappa shape index (κ3) is 5.27. The Morgan fingerprint density at radius 1 is 0.967 bits per heavy atom. The second-order valence-corrected chi connectivity index (χ2v) is 7.89. The van der Waals surface area contributed by atoms with Crippen molar-refractivity contribution in [3.63, 3.8) is 0 Å².